The standard InChI is InChI=1S/C26H30FN3O3/c1-30(2)25(21-9-7-10-22(27)17-21)18-28-26(31)29-23-11-6-8-20(16-23)19-32-14-15-33-24-12-4-3-5-13-24/h3-13,16-17,25H,14-15,18-19H2,1-2H3,(H2,28,29,31). The van der Waals surface area contributed by atoms with E-state index in [1.165, 1.54) is 12.1 Å². The summed E-state index contributed by atoms with van der Waals surface area (Å²) in [5, 5.41) is 5.70. The van der Waals surface area contributed by atoms with Crippen LogP contribution in [-0.4, -0.2) is 44.8 Å². The number of rotatable bonds is 11. The molecule has 0 aliphatic rings. The van der Waals surface area contributed by atoms with Crippen LogP contribution in [0.15, 0.2) is 78.9 Å². The highest BCUT2D eigenvalue weighted by Crippen LogP contribution is 2.18. The molecule has 3 aromatic carbocycles. The van der Waals surface area contributed by atoms with Gasteiger partial charge in [-0.3, -0.25) is 0 Å². The van der Waals surface area contributed by atoms with Crippen molar-refractivity contribution in [1.82, 2.24) is 10.2 Å². The van der Waals surface area contributed by atoms with Gasteiger partial charge in [0.1, 0.15) is 18.2 Å². The lowest BCUT2D eigenvalue weighted by atomic mass is 10.1. The van der Waals surface area contributed by atoms with Gasteiger partial charge in [0, 0.05) is 12.2 Å². The predicted octanol–water partition coefficient (Wildman–Crippen LogP) is 4.85. The molecule has 0 radical (unpaired) electrons. The van der Waals surface area contributed by atoms with Gasteiger partial charge in [-0.15, -0.1) is 0 Å². The Labute approximate surface area is 194 Å². The average Bonchev–Trinajstić information content (AvgIpc) is 2.80. The van der Waals surface area contributed by atoms with Gasteiger partial charge in [-0.2, -0.15) is 0 Å². The third-order valence-electron chi connectivity index (χ3n) is 5.01. The fourth-order valence-corrected chi connectivity index (χ4v) is 3.34. The van der Waals surface area contributed by atoms with Crippen LogP contribution < -0.4 is 15.4 Å². The van der Waals surface area contributed by atoms with Crippen LogP contribution >= 0.6 is 0 Å². The van der Waals surface area contributed by atoms with Crippen molar-refractivity contribution in [2.45, 2.75) is 12.6 Å². The molecule has 2 amide bonds. The van der Waals surface area contributed by atoms with Crippen molar-refractivity contribution < 1.29 is 18.7 Å². The van der Waals surface area contributed by atoms with Gasteiger partial charge in [0.05, 0.1) is 19.3 Å². The molecule has 3 rings (SSSR count). The molecule has 0 aromatic heterocycles. The average molecular weight is 452 g/mol. The normalized spacial score (nSPS) is 11.8. The van der Waals surface area contributed by atoms with E-state index in [9.17, 15) is 9.18 Å². The Kier molecular flexibility index (Phi) is 9.23. The van der Waals surface area contributed by atoms with Gasteiger partial charge in [0.2, 0.25) is 0 Å². The third-order valence-corrected chi connectivity index (χ3v) is 5.01. The van der Waals surface area contributed by atoms with Crippen LogP contribution in [0.25, 0.3) is 0 Å². The minimum absolute atomic E-state index is 0.149. The van der Waals surface area contributed by atoms with E-state index in [0.29, 0.717) is 32.1 Å². The number of para-hydroxylation sites is 1. The van der Waals surface area contributed by atoms with E-state index in [-0.39, 0.29) is 17.9 Å². The number of hydrogen-bond donors (Lipinski definition) is 2. The van der Waals surface area contributed by atoms with Gasteiger partial charge in [-0.1, -0.05) is 42.5 Å². The predicted molar refractivity (Wildman–Crippen MR) is 128 cm³/mol. The molecule has 0 fully saturated rings. The number of urea groups is 1. The molecule has 0 aliphatic heterocycles. The maximum Gasteiger partial charge on any atom is 0.319 e. The zero-order valence-corrected chi connectivity index (χ0v) is 19.0. The van der Waals surface area contributed by atoms with Gasteiger partial charge in [0.15, 0.2) is 0 Å². The fraction of sp³-hybridized carbons (Fsp3) is 0.269. The van der Waals surface area contributed by atoms with Crippen LogP contribution in [0.4, 0.5) is 14.9 Å². The zero-order valence-electron chi connectivity index (χ0n) is 19.0. The van der Waals surface area contributed by atoms with E-state index in [1.54, 1.807) is 6.07 Å². The largest absolute Gasteiger partial charge is 0.491 e. The van der Waals surface area contributed by atoms with Crippen LogP contribution in [0.5, 0.6) is 5.75 Å². The minimum atomic E-state index is -0.326. The first-order chi connectivity index (χ1) is 16.0. The summed E-state index contributed by atoms with van der Waals surface area (Å²) in [6.07, 6.45) is 0. The van der Waals surface area contributed by atoms with Gasteiger partial charge < -0.3 is 25.0 Å². The Hall–Kier alpha value is -3.42. The first-order valence-corrected chi connectivity index (χ1v) is 10.8. The number of carbonyl (C=O) groups is 1. The summed E-state index contributed by atoms with van der Waals surface area (Å²) in [7, 11) is 3.78. The molecule has 2 N–H and O–H groups in total. The third kappa shape index (κ3) is 8.21. The van der Waals surface area contributed by atoms with E-state index in [2.05, 4.69) is 10.6 Å². The van der Waals surface area contributed by atoms with E-state index >= 15 is 0 Å². The van der Waals surface area contributed by atoms with E-state index in [1.807, 2.05) is 79.7 Å². The number of likely N-dealkylation sites (N-methyl/N-ethyl adjacent to an activating group) is 1. The summed E-state index contributed by atoms with van der Waals surface area (Å²) in [4.78, 5) is 14.4. The molecule has 1 atom stereocenters. The second-order valence-electron chi connectivity index (χ2n) is 7.78. The second-order valence-corrected chi connectivity index (χ2v) is 7.78. The molecule has 6 nitrogen and oxygen atoms in total. The monoisotopic (exact) mass is 451 g/mol. The van der Waals surface area contributed by atoms with Crippen molar-refractivity contribution in [3.05, 3.63) is 95.8 Å². The maximum atomic E-state index is 13.6. The van der Waals surface area contributed by atoms with Gasteiger partial charge in [-0.25, -0.2) is 9.18 Å². The quantitative estimate of drug-likeness (QED) is 0.409. The summed E-state index contributed by atoms with van der Waals surface area (Å²) in [6.45, 7) is 1.67. The number of nitrogens with one attached hydrogen (secondary N) is 2. The molecule has 0 saturated carbocycles. The second kappa shape index (κ2) is 12.6. The van der Waals surface area contributed by atoms with Crippen LogP contribution in [0.2, 0.25) is 0 Å². The lowest BCUT2D eigenvalue weighted by Gasteiger charge is -2.25. The zero-order chi connectivity index (χ0) is 23.5. The molecule has 174 valence electrons. The van der Waals surface area contributed by atoms with Crippen molar-refractivity contribution in [3.63, 3.8) is 0 Å². The Bertz CT molecular complexity index is 1010. The van der Waals surface area contributed by atoms with Crippen molar-refractivity contribution in [2.24, 2.45) is 0 Å². The molecule has 3 aromatic rings. The molecule has 0 bridgehead atoms. The summed E-state index contributed by atoms with van der Waals surface area (Å²) < 4.78 is 24.9. The summed E-state index contributed by atoms with van der Waals surface area (Å²) in [5.41, 5.74) is 2.41. The fourth-order valence-electron chi connectivity index (χ4n) is 3.34. The van der Waals surface area contributed by atoms with E-state index in [0.717, 1.165) is 16.9 Å². The Morgan fingerprint density at radius 1 is 0.970 bits per heavy atom. The van der Waals surface area contributed by atoms with Crippen molar-refractivity contribution in [2.75, 3.05) is 39.2 Å². The smallest absolute Gasteiger partial charge is 0.319 e. The molecule has 0 aliphatic carbocycles. The summed E-state index contributed by atoms with van der Waals surface area (Å²) in [6, 6.07) is 23.0. The highest BCUT2D eigenvalue weighted by atomic mass is 19.1. The maximum absolute atomic E-state index is 13.6. The molecule has 0 saturated heterocycles. The number of carbonyl (C=O) groups excluding carboxylic acids is 1. The first kappa shape index (κ1) is 24.2. The number of anilines is 1. The number of hydrogen-bond acceptors (Lipinski definition) is 4. The molecular weight excluding hydrogens is 421 g/mol. The number of halogens is 1. The number of ether oxygens (including phenoxy) is 2. The van der Waals surface area contributed by atoms with Crippen LogP contribution in [0.3, 0.4) is 0 Å². The number of amides is 2. The number of benzene rings is 3. The van der Waals surface area contributed by atoms with Gasteiger partial charge in [-0.05, 0) is 61.6 Å². The first-order valence-electron chi connectivity index (χ1n) is 10.8. The summed E-state index contributed by atoms with van der Waals surface area (Å²) in [5.74, 6) is 0.515. The van der Waals surface area contributed by atoms with Gasteiger partial charge in [0.25, 0.3) is 0 Å². The van der Waals surface area contributed by atoms with Crippen molar-refractivity contribution >= 4 is 11.7 Å². The van der Waals surface area contributed by atoms with Gasteiger partial charge >= 0.3 is 6.03 Å². The van der Waals surface area contributed by atoms with Crippen molar-refractivity contribution in [1.29, 1.82) is 0 Å². The van der Waals surface area contributed by atoms with Crippen molar-refractivity contribution in [3.8, 4) is 5.75 Å². The lowest BCUT2D eigenvalue weighted by Crippen LogP contribution is -2.36. The highest BCUT2D eigenvalue weighted by molar-refractivity contribution is 5.89. The Morgan fingerprint density at radius 2 is 1.76 bits per heavy atom. The lowest BCUT2D eigenvalue weighted by molar-refractivity contribution is 0.0889. The van der Waals surface area contributed by atoms with Crippen LogP contribution in [0, 0.1) is 5.82 Å². The molecule has 33 heavy (non-hydrogen) atoms. The van der Waals surface area contributed by atoms with Crippen LogP contribution in [-0.2, 0) is 11.3 Å². The van der Waals surface area contributed by atoms with Crippen LogP contribution in [0.1, 0.15) is 17.2 Å². The summed E-state index contributed by atoms with van der Waals surface area (Å²) >= 11 is 0. The molecule has 7 heteroatoms. The molecule has 0 spiro atoms. The Morgan fingerprint density at radius 3 is 2.52 bits per heavy atom. The minimum Gasteiger partial charge on any atom is -0.491 e. The molecular formula is C26H30FN3O3. The molecule has 1 unspecified atom stereocenters. The highest BCUT2D eigenvalue weighted by Gasteiger charge is 2.16. The topological polar surface area (TPSA) is 62.8 Å². The number of nitrogens with zero attached hydrogens (tertiary/aromatic N) is 1. The van der Waals surface area contributed by atoms with E-state index < -0.39 is 0 Å². The molecule has 0 heterocycles. The SMILES string of the molecule is CN(C)C(CNC(=O)Nc1cccc(COCCOc2ccccc2)c1)c1cccc(F)c1. The Balaban J connectivity index is 1.43. The van der Waals surface area contributed by atoms with E-state index in [4.69, 9.17) is 9.47 Å².